The largest absolute Gasteiger partial charge is 0.506 e. The van der Waals surface area contributed by atoms with E-state index in [-0.39, 0.29) is 28.1 Å². The van der Waals surface area contributed by atoms with Crippen molar-refractivity contribution >= 4 is 28.1 Å². The fourth-order valence-electron chi connectivity index (χ4n) is 3.65. The van der Waals surface area contributed by atoms with Crippen molar-refractivity contribution < 1.29 is 29.6 Å². The maximum absolute atomic E-state index is 13.8. The van der Waals surface area contributed by atoms with Gasteiger partial charge in [-0.2, -0.15) is 0 Å². The SMILES string of the molecule is CC(O)C(O)C(O)c1cccc(/C(O)=C(\C(=O)c2cccc(F)c2)c2nc3ccccc3[nH]2)c1. The lowest BCUT2D eigenvalue weighted by molar-refractivity contribution is -0.0531. The molecule has 3 unspecified atom stereocenters. The first-order valence-electron chi connectivity index (χ1n) is 10.6. The molecule has 3 atom stereocenters. The molecule has 0 bridgehead atoms. The number of aromatic nitrogens is 2. The van der Waals surface area contributed by atoms with Gasteiger partial charge in [-0.25, -0.2) is 9.37 Å². The lowest BCUT2D eigenvalue weighted by Crippen LogP contribution is -2.29. The quantitative estimate of drug-likeness (QED) is 0.162. The number of H-pyrrole nitrogens is 1. The molecule has 1 heterocycles. The van der Waals surface area contributed by atoms with Crippen LogP contribution in [0.25, 0.3) is 22.4 Å². The Hall–Kier alpha value is -3.85. The maximum atomic E-state index is 13.8. The maximum Gasteiger partial charge on any atom is 0.200 e. The Balaban J connectivity index is 1.88. The molecule has 7 nitrogen and oxygen atoms in total. The summed E-state index contributed by atoms with van der Waals surface area (Å²) in [5, 5.41) is 41.3. The number of aliphatic hydroxyl groups excluding tert-OH is 4. The van der Waals surface area contributed by atoms with Crippen molar-refractivity contribution in [2.24, 2.45) is 0 Å². The minimum atomic E-state index is -1.45. The summed E-state index contributed by atoms with van der Waals surface area (Å²) in [4.78, 5) is 20.9. The molecular formula is C26H23FN2O5. The van der Waals surface area contributed by atoms with E-state index in [1.54, 1.807) is 24.3 Å². The molecule has 0 radical (unpaired) electrons. The average molecular weight is 462 g/mol. The van der Waals surface area contributed by atoms with Crippen LogP contribution in [0.15, 0.2) is 72.8 Å². The van der Waals surface area contributed by atoms with Crippen LogP contribution >= 0.6 is 0 Å². The van der Waals surface area contributed by atoms with E-state index in [9.17, 15) is 29.6 Å². The average Bonchev–Trinajstić information content (AvgIpc) is 3.26. The Morgan fingerprint density at radius 1 is 0.941 bits per heavy atom. The highest BCUT2D eigenvalue weighted by Gasteiger charge is 2.26. The predicted molar refractivity (Wildman–Crippen MR) is 125 cm³/mol. The second-order valence-corrected chi connectivity index (χ2v) is 7.97. The van der Waals surface area contributed by atoms with Crippen LogP contribution in [0.5, 0.6) is 0 Å². The number of aliphatic hydroxyl groups is 4. The molecular weight excluding hydrogens is 439 g/mol. The molecule has 8 heteroatoms. The Morgan fingerprint density at radius 3 is 2.35 bits per heavy atom. The van der Waals surface area contributed by atoms with Crippen LogP contribution in [0.2, 0.25) is 0 Å². The zero-order valence-corrected chi connectivity index (χ0v) is 18.2. The van der Waals surface area contributed by atoms with Gasteiger partial charge in [0.1, 0.15) is 35.2 Å². The van der Waals surface area contributed by atoms with Crippen LogP contribution in [0, 0.1) is 5.82 Å². The number of fused-ring (bicyclic) bond motifs is 1. The van der Waals surface area contributed by atoms with E-state index in [1.807, 2.05) is 0 Å². The van der Waals surface area contributed by atoms with E-state index in [2.05, 4.69) is 9.97 Å². The molecule has 4 aromatic rings. The molecule has 3 aromatic carbocycles. The Morgan fingerprint density at radius 2 is 1.65 bits per heavy atom. The molecule has 0 saturated carbocycles. The van der Waals surface area contributed by atoms with Gasteiger partial charge in [0.25, 0.3) is 0 Å². The van der Waals surface area contributed by atoms with Gasteiger partial charge in [0.15, 0.2) is 0 Å². The monoisotopic (exact) mass is 462 g/mol. The zero-order chi connectivity index (χ0) is 24.4. The number of hydrogen-bond donors (Lipinski definition) is 5. The van der Waals surface area contributed by atoms with Crippen LogP contribution in [0.3, 0.4) is 0 Å². The van der Waals surface area contributed by atoms with E-state index in [0.29, 0.717) is 11.0 Å². The van der Waals surface area contributed by atoms with Gasteiger partial charge in [-0.15, -0.1) is 0 Å². The Labute approximate surface area is 194 Å². The van der Waals surface area contributed by atoms with E-state index < -0.39 is 35.7 Å². The molecule has 0 aliphatic rings. The number of para-hydroxylation sites is 2. The molecule has 0 aliphatic carbocycles. The van der Waals surface area contributed by atoms with Crippen molar-refractivity contribution in [1.29, 1.82) is 0 Å². The molecule has 5 N–H and O–H groups in total. The number of carbonyl (C=O) groups is 1. The van der Waals surface area contributed by atoms with Gasteiger partial charge in [0, 0.05) is 11.1 Å². The third kappa shape index (κ3) is 4.60. The summed E-state index contributed by atoms with van der Waals surface area (Å²) in [5.41, 5.74) is 1.42. The van der Waals surface area contributed by atoms with Crippen molar-refractivity contribution in [2.45, 2.75) is 25.2 Å². The Kier molecular flexibility index (Phi) is 6.56. The highest BCUT2D eigenvalue weighted by molar-refractivity contribution is 6.33. The first-order chi connectivity index (χ1) is 16.3. The summed E-state index contributed by atoms with van der Waals surface area (Å²) in [6, 6.07) is 18.1. The van der Waals surface area contributed by atoms with Gasteiger partial charge >= 0.3 is 0 Å². The van der Waals surface area contributed by atoms with Crippen molar-refractivity contribution in [2.75, 3.05) is 0 Å². The molecule has 0 aliphatic heterocycles. The number of ketones is 1. The molecule has 1 aromatic heterocycles. The third-order valence-electron chi connectivity index (χ3n) is 5.50. The number of imidazole rings is 1. The minimum absolute atomic E-state index is 0.0164. The summed E-state index contributed by atoms with van der Waals surface area (Å²) in [6.45, 7) is 1.34. The second kappa shape index (κ2) is 9.56. The van der Waals surface area contributed by atoms with Gasteiger partial charge in [-0.05, 0) is 42.8 Å². The zero-order valence-electron chi connectivity index (χ0n) is 18.2. The third-order valence-corrected chi connectivity index (χ3v) is 5.50. The first kappa shape index (κ1) is 23.3. The standard InChI is InChI=1S/C26H23FN2O5/c1-14(30)22(31)25(34)16-7-4-6-15(12-16)23(32)21(24(33)17-8-5-9-18(27)13-17)26-28-19-10-2-3-11-20(19)29-26/h2-14,22,25,30-32,34H,1H3,(H,28,29)/b23-21-. The number of allylic oxidation sites excluding steroid dienone is 1. The number of aromatic amines is 1. The minimum Gasteiger partial charge on any atom is -0.506 e. The smallest absolute Gasteiger partial charge is 0.200 e. The summed E-state index contributed by atoms with van der Waals surface area (Å²) >= 11 is 0. The highest BCUT2D eigenvalue weighted by Crippen LogP contribution is 2.30. The van der Waals surface area contributed by atoms with E-state index in [1.165, 1.54) is 49.4 Å². The number of carbonyl (C=O) groups excluding carboxylic acids is 1. The number of nitrogens with zero attached hydrogens (tertiary/aromatic N) is 1. The molecule has 34 heavy (non-hydrogen) atoms. The number of benzene rings is 3. The van der Waals surface area contributed by atoms with E-state index in [4.69, 9.17) is 0 Å². The molecule has 4 rings (SSSR count). The van der Waals surface area contributed by atoms with Crippen LogP contribution in [-0.4, -0.2) is 48.4 Å². The normalized spacial score (nSPS) is 15.0. The summed E-state index contributed by atoms with van der Waals surface area (Å²) in [6.07, 6.45) is -4.07. The molecule has 0 amide bonds. The summed E-state index contributed by atoms with van der Waals surface area (Å²) in [7, 11) is 0. The Bertz CT molecular complexity index is 1350. The number of rotatable bonds is 7. The van der Waals surface area contributed by atoms with E-state index in [0.717, 1.165) is 6.07 Å². The first-order valence-corrected chi connectivity index (χ1v) is 10.6. The molecule has 0 saturated heterocycles. The number of hydrogen-bond acceptors (Lipinski definition) is 6. The van der Waals surface area contributed by atoms with Gasteiger partial charge in [-0.1, -0.05) is 42.5 Å². The van der Waals surface area contributed by atoms with Gasteiger partial charge in [0.2, 0.25) is 5.78 Å². The van der Waals surface area contributed by atoms with Gasteiger partial charge in [-0.3, -0.25) is 4.79 Å². The predicted octanol–water partition coefficient (Wildman–Crippen LogP) is 3.79. The summed E-state index contributed by atoms with van der Waals surface area (Å²) < 4.78 is 13.8. The fourth-order valence-corrected chi connectivity index (χ4v) is 3.65. The van der Waals surface area contributed by atoms with Crippen LogP contribution in [-0.2, 0) is 0 Å². The topological polar surface area (TPSA) is 127 Å². The van der Waals surface area contributed by atoms with Crippen molar-refractivity contribution in [3.8, 4) is 0 Å². The van der Waals surface area contributed by atoms with Crippen LogP contribution < -0.4 is 0 Å². The number of nitrogens with one attached hydrogen (secondary N) is 1. The molecule has 174 valence electrons. The number of halogens is 1. The van der Waals surface area contributed by atoms with Crippen LogP contribution in [0.4, 0.5) is 4.39 Å². The van der Waals surface area contributed by atoms with E-state index >= 15 is 0 Å². The van der Waals surface area contributed by atoms with Crippen molar-refractivity contribution in [3.05, 3.63) is 101 Å². The lowest BCUT2D eigenvalue weighted by Gasteiger charge is -2.21. The van der Waals surface area contributed by atoms with Gasteiger partial charge in [0.05, 0.1) is 17.1 Å². The fraction of sp³-hybridized carbons (Fsp3) is 0.154. The summed E-state index contributed by atoms with van der Waals surface area (Å²) in [5.74, 6) is -1.63. The van der Waals surface area contributed by atoms with Gasteiger partial charge < -0.3 is 25.4 Å². The van der Waals surface area contributed by atoms with Crippen molar-refractivity contribution in [3.63, 3.8) is 0 Å². The van der Waals surface area contributed by atoms with Crippen LogP contribution in [0.1, 0.15) is 40.3 Å². The molecule has 0 spiro atoms. The molecule has 0 fully saturated rings. The lowest BCUT2D eigenvalue weighted by atomic mass is 9.95. The number of Topliss-reactive ketones (excluding diaryl/α,β-unsaturated/α-hetero) is 1. The highest BCUT2D eigenvalue weighted by atomic mass is 19.1. The second-order valence-electron chi connectivity index (χ2n) is 7.97. The van der Waals surface area contributed by atoms with Crippen molar-refractivity contribution in [1.82, 2.24) is 9.97 Å².